The topological polar surface area (TPSA) is 40.7 Å². The lowest BCUT2D eigenvalue weighted by Crippen LogP contribution is -2.27. The van der Waals surface area contributed by atoms with Gasteiger partial charge in [0.05, 0.1) is 12.0 Å². The van der Waals surface area contributed by atoms with E-state index in [9.17, 15) is 0 Å². The van der Waals surface area contributed by atoms with Gasteiger partial charge in [0.25, 0.3) is 0 Å². The van der Waals surface area contributed by atoms with Crippen LogP contribution in [0.5, 0.6) is 0 Å². The van der Waals surface area contributed by atoms with Crippen molar-refractivity contribution in [1.82, 2.24) is 15.3 Å². The number of aromatic nitrogens is 2. The van der Waals surface area contributed by atoms with E-state index in [1.165, 1.54) is 29.7 Å². The summed E-state index contributed by atoms with van der Waals surface area (Å²) in [6.07, 6.45) is 5.31. The average molecular weight is 255 g/mol. The first-order chi connectivity index (χ1) is 9.38. The number of hydrogen-bond donors (Lipinski definition) is 2. The SMILES string of the molecule is CCc1ccc(-c2nc[nH]c2C2CCNCC2)cc1. The molecule has 0 bridgehead atoms. The van der Waals surface area contributed by atoms with Crippen molar-refractivity contribution in [2.24, 2.45) is 0 Å². The van der Waals surface area contributed by atoms with Gasteiger partial charge < -0.3 is 10.3 Å². The highest BCUT2D eigenvalue weighted by molar-refractivity contribution is 5.62. The van der Waals surface area contributed by atoms with Crippen LogP contribution in [0.2, 0.25) is 0 Å². The lowest BCUT2D eigenvalue weighted by Gasteiger charge is -2.22. The molecule has 0 unspecified atom stereocenters. The Labute approximate surface area is 114 Å². The maximum Gasteiger partial charge on any atom is 0.0929 e. The largest absolute Gasteiger partial charge is 0.348 e. The Balaban J connectivity index is 1.89. The molecule has 1 aliphatic heterocycles. The van der Waals surface area contributed by atoms with E-state index in [4.69, 9.17) is 0 Å². The summed E-state index contributed by atoms with van der Waals surface area (Å²) in [4.78, 5) is 7.90. The molecule has 0 saturated carbocycles. The summed E-state index contributed by atoms with van der Waals surface area (Å²) in [5.74, 6) is 0.615. The fourth-order valence-electron chi connectivity index (χ4n) is 2.85. The van der Waals surface area contributed by atoms with Crippen LogP contribution in [-0.2, 0) is 6.42 Å². The highest BCUT2D eigenvalue weighted by atomic mass is 14.9. The van der Waals surface area contributed by atoms with Crippen molar-refractivity contribution in [2.45, 2.75) is 32.1 Å². The van der Waals surface area contributed by atoms with Gasteiger partial charge in [0, 0.05) is 17.2 Å². The summed E-state index contributed by atoms with van der Waals surface area (Å²) in [7, 11) is 0. The number of hydrogen-bond acceptors (Lipinski definition) is 2. The number of nitrogens with one attached hydrogen (secondary N) is 2. The van der Waals surface area contributed by atoms with Crippen LogP contribution in [0, 0.1) is 0 Å². The molecule has 2 N–H and O–H groups in total. The minimum atomic E-state index is 0.615. The first-order valence-electron chi connectivity index (χ1n) is 7.21. The molecule has 2 aromatic rings. The molecule has 1 aromatic carbocycles. The predicted molar refractivity (Wildman–Crippen MR) is 78.2 cm³/mol. The van der Waals surface area contributed by atoms with Crippen molar-refractivity contribution in [1.29, 1.82) is 0 Å². The van der Waals surface area contributed by atoms with Crippen molar-refractivity contribution < 1.29 is 0 Å². The molecule has 0 aliphatic carbocycles. The lowest BCUT2D eigenvalue weighted by atomic mass is 9.91. The highest BCUT2D eigenvalue weighted by Crippen LogP contribution is 2.31. The number of aromatic amines is 1. The molecule has 1 aliphatic rings. The Hall–Kier alpha value is -1.61. The zero-order valence-electron chi connectivity index (χ0n) is 11.4. The second kappa shape index (κ2) is 5.57. The zero-order valence-corrected chi connectivity index (χ0v) is 11.4. The molecule has 3 rings (SSSR count). The number of H-pyrrole nitrogens is 1. The van der Waals surface area contributed by atoms with Gasteiger partial charge in [-0.15, -0.1) is 0 Å². The van der Waals surface area contributed by atoms with Gasteiger partial charge in [-0.3, -0.25) is 0 Å². The second-order valence-electron chi connectivity index (χ2n) is 5.24. The van der Waals surface area contributed by atoms with Crippen LogP contribution in [0.25, 0.3) is 11.3 Å². The summed E-state index contributed by atoms with van der Waals surface area (Å²) in [6.45, 7) is 4.40. The molecule has 0 radical (unpaired) electrons. The fourth-order valence-corrected chi connectivity index (χ4v) is 2.85. The number of rotatable bonds is 3. The number of imidazole rings is 1. The van der Waals surface area contributed by atoms with E-state index in [0.29, 0.717) is 5.92 Å². The fraction of sp³-hybridized carbons (Fsp3) is 0.438. The molecular weight excluding hydrogens is 234 g/mol. The summed E-state index contributed by atoms with van der Waals surface area (Å²) in [5.41, 5.74) is 5.05. The summed E-state index contributed by atoms with van der Waals surface area (Å²) in [6, 6.07) is 8.80. The molecule has 3 nitrogen and oxygen atoms in total. The maximum absolute atomic E-state index is 4.54. The molecule has 100 valence electrons. The van der Waals surface area contributed by atoms with E-state index in [2.05, 4.69) is 46.5 Å². The highest BCUT2D eigenvalue weighted by Gasteiger charge is 2.20. The van der Waals surface area contributed by atoms with E-state index in [0.717, 1.165) is 25.2 Å². The Morgan fingerprint density at radius 3 is 2.58 bits per heavy atom. The number of aryl methyl sites for hydroxylation is 1. The Morgan fingerprint density at radius 1 is 1.16 bits per heavy atom. The molecule has 1 fully saturated rings. The first-order valence-corrected chi connectivity index (χ1v) is 7.21. The van der Waals surface area contributed by atoms with Crippen LogP contribution in [-0.4, -0.2) is 23.1 Å². The number of nitrogens with zero attached hydrogens (tertiary/aromatic N) is 1. The summed E-state index contributed by atoms with van der Waals surface area (Å²) >= 11 is 0. The Kier molecular flexibility index (Phi) is 3.65. The summed E-state index contributed by atoms with van der Waals surface area (Å²) in [5, 5.41) is 3.42. The third-order valence-corrected chi connectivity index (χ3v) is 4.05. The van der Waals surface area contributed by atoms with Crippen molar-refractivity contribution in [3.05, 3.63) is 41.9 Å². The average Bonchev–Trinajstić information content (AvgIpc) is 2.98. The van der Waals surface area contributed by atoms with Crippen LogP contribution in [0.1, 0.15) is 36.9 Å². The monoisotopic (exact) mass is 255 g/mol. The summed E-state index contributed by atoms with van der Waals surface area (Å²) < 4.78 is 0. The van der Waals surface area contributed by atoms with Crippen LogP contribution < -0.4 is 5.32 Å². The number of benzene rings is 1. The van der Waals surface area contributed by atoms with Crippen LogP contribution in [0.4, 0.5) is 0 Å². The first kappa shape index (κ1) is 12.4. The number of piperidine rings is 1. The van der Waals surface area contributed by atoms with Gasteiger partial charge >= 0.3 is 0 Å². The molecule has 0 atom stereocenters. The maximum atomic E-state index is 4.54. The van der Waals surface area contributed by atoms with Gasteiger partial charge in [0.1, 0.15) is 0 Å². The van der Waals surface area contributed by atoms with Gasteiger partial charge in [0.2, 0.25) is 0 Å². The van der Waals surface area contributed by atoms with E-state index in [-0.39, 0.29) is 0 Å². The van der Waals surface area contributed by atoms with Gasteiger partial charge in [-0.1, -0.05) is 31.2 Å². The van der Waals surface area contributed by atoms with E-state index in [1.807, 2.05) is 6.33 Å². The predicted octanol–water partition coefficient (Wildman–Crippen LogP) is 3.11. The zero-order chi connectivity index (χ0) is 13.1. The van der Waals surface area contributed by atoms with E-state index >= 15 is 0 Å². The van der Waals surface area contributed by atoms with E-state index in [1.54, 1.807) is 0 Å². The molecule has 1 saturated heterocycles. The Morgan fingerprint density at radius 2 is 1.89 bits per heavy atom. The third-order valence-electron chi connectivity index (χ3n) is 4.05. The third kappa shape index (κ3) is 2.56. The molecule has 3 heteroatoms. The van der Waals surface area contributed by atoms with E-state index < -0.39 is 0 Å². The molecular formula is C16H21N3. The molecule has 1 aromatic heterocycles. The minimum absolute atomic E-state index is 0.615. The molecule has 2 heterocycles. The minimum Gasteiger partial charge on any atom is -0.348 e. The van der Waals surface area contributed by atoms with Crippen LogP contribution >= 0.6 is 0 Å². The molecule has 0 amide bonds. The van der Waals surface area contributed by atoms with Gasteiger partial charge in [-0.05, 0) is 37.9 Å². The molecule has 0 spiro atoms. The lowest BCUT2D eigenvalue weighted by molar-refractivity contribution is 0.455. The van der Waals surface area contributed by atoms with Crippen molar-refractivity contribution in [3.63, 3.8) is 0 Å². The van der Waals surface area contributed by atoms with Crippen molar-refractivity contribution >= 4 is 0 Å². The second-order valence-corrected chi connectivity index (χ2v) is 5.24. The van der Waals surface area contributed by atoms with Crippen molar-refractivity contribution in [2.75, 3.05) is 13.1 Å². The smallest absolute Gasteiger partial charge is 0.0929 e. The van der Waals surface area contributed by atoms with Gasteiger partial charge in [0.15, 0.2) is 0 Å². The van der Waals surface area contributed by atoms with Crippen molar-refractivity contribution in [3.8, 4) is 11.3 Å². The standard InChI is InChI=1S/C16H21N3/c1-2-12-3-5-13(6-4-12)15-16(19-11-18-15)14-7-9-17-10-8-14/h3-6,11,14,17H,2,7-10H2,1H3,(H,18,19). The van der Waals surface area contributed by atoms with Crippen LogP contribution in [0.15, 0.2) is 30.6 Å². The molecule has 19 heavy (non-hydrogen) atoms. The van der Waals surface area contributed by atoms with Crippen LogP contribution in [0.3, 0.4) is 0 Å². The van der Waals surface area contributed by atoms with Gasteiger partial charge in [-0.2, -0.15) is 0 Å². The Bertz CT molecular complexity index is 521. The normalized spacial score (nSPS) is 16.7. The quantitative estimate of drug-likeness (QED) is 0.884. The van der Waals surface area contributed by atoms with Gasteiger partial charge in [-0.25, -0.2) is 4.98 Å².